The van der Waals surface area contributed by atoms with Crippen molar-refractivity contribution in [3.05, 3.63) is 21.3 Å². The zero-order valence-corrected chi connectivity index (χ0v) is 11.0. The summed E-state index contributed by atoms with van der Waals surface area (Å²) in [5.74, 6) is -0.303. The van der Waals surface area contributed by atoms with Gasteiger partial charge in [-0.05, 0) is 13.0 Å². The van der Waals surface area contributed by atoms with Crippen LogP contribution in [0.4, 0.5) is 0 Å². The molecule has 0 saturated heterocycles. The zero-order chi connectivity index (χ0) is 12.6. The molecule has 2 aromatic heterocycles. The molecule has 7 heteroatoms. The molecular weight excluding hydrogens is 258 g/mol. The number of carbonyl (C=O) groups excluding carboxylic acids is 1. The predicted octanol–water partition coefficient (Wildman–Crippen LogP) is 0.881. The molecular formula is C10H11N3O2S2. The van der Waals surface area contributed by atoms with Crippen LogP contribution in [-0.4, -0.2) is 21.2 Å². The molecule has 0 aliphatic carbocycles. The monoisotopic (exact) mass is 269 g/mol. The normalized spacial score (nSPS) is 10.9. The molecule has 2 heterocycles. The van der Waals surface area contributed by atoms with Gasteiger partial charge in [0.05, 0.1) is 11.1 Å². The number of primary amides is 1. The molecule has 0 aromatic carbocycles. The first-order chi connectivity index (χ1) is 7.99. The molecule has 90 valence electrons. The van der Waals surface area contributed by atoms with E-state index in [0.717, 1.165) is 4.88 Å². The Kier molecular flexibility index (Phi) is 3.21. The molecule has 0 aliphatic rings. The van der Waals surface area contributed by atoms with Crippen molar-refractivity contribution in [1.29, 1.82) is 0 Å². The minimum atomic E-state index is -0.424. The Morgan fingerprint density at radius 3 is 3.00 bits per heavy atom. The third-order valence-corrected chi connectivity index (χ3v) is 4.19. The van der Waals surface area contributed by atoms with E-state index >= 15 is 0 Å². The van der Waals surface area contributed by atoms with Crippen LogP contribution in [0.3, 0.4) is 0 Å². The summed E-state index contributed by atoms with van der Waals surface area (Å²) in [6.07, 6.45) is 0. The molecule has 5 nitrogen and oxygen atoms in total. The number of nitrogens with two attached hydrogens (primary N) is 1. The molecule has 0 spiro atoms. The van der Waals surface area contributed by atoms with Crippen LogP contribution in [0.1, 0.15) is 4.88 Å². The Bertz CT molecular complexity index is 645. The number of amides is 1. The first kappa shape index (κ1) is 12.1. The van der Waals surface area contributed by atoms with Gasteiger partial charge in [0.25, 0.3) is 5.56 Å². The second-order valence-electron chi connectivity index (χ2n) is 3.59. The molecule has 0 aliphatic heterocycles. The third kappa shape index (κ3) is 2.34. The number of aryl methyl sites for hydroxylation is 1. The molecule has 0 atom stereocenters. The number of carbonyl (C=O) groups is 1. The fraction of sp³-hybridized carbons (Fsp3) is 0.300. The van der Waals surface area contributed by atoms with Gasteiger partial charge in [-0.25, -0.2) is 4.98 Å². The van der Waals surface area contributed by atoms with E-state index in [4.69, 9.17) is 5.73 Å². The van der Waals surface area contributed by atoms with Gasteiger partial charge in [-0.15, -0.1) is 11.3 Å². The number of thioether (sulfide) groups is 1. The van der Waals surface area contributed by atoms with Crippen LogP contribution in [-0.2, 0) is 11.8 Å². The number of aromatic nitrogens is 2. The lowest BCUT2D eigenvalue weighted by molar-refractivity contribution is -0.115. The van der Waals surface area contributed by atoms with Crippen molar-refractivity contribution in [1.82, 2.24) is 9.55 Å². The molecule has 2 rings (SSSR count). The van der Waals surface area contributed by atoms with Gasteiger partial charge in [0.15, 0.2) is 5.16 Å². The van der Waals surface area contributed by atoms with Gasteiger partial charge in [-0.1, -0.05) is 11.8 Å². The Morgan fingerprint density at radius 2 is 2.35 bits per heavy atom. The van der Waals surface area contributed by atoms with Gasteiger partial charge in [0, 0.05) is 11.9 Å². The second kappa shape index (κ2) is 4.50. The number of fused-ring (bicyclic) bond motifs is 1. The lowest BCUT2D eigenvalue weighted by Gasteiger charge is -2.05. The summed E-state index contributed by atoms with van der Waals surface area (Å²) in [6.45, 7) is 1.93. The van der Waals surface area contributed by atoms with Gasteiger partial charge in [-0.3, -0.25) is 14.2 Å². The van der Waals surface area contributed by atoms with Crippen molar-refractivity contribution in [2.75, 3.05) is 5.75 Å². The maximum absolute atomic E-state index is 12.0. The summed E-state index contributed by atoms with van der Waals surface area (Å²) in [4.78, 5) is 28.8. The number of hydrogen-bond acceptors (Lipinski definition) is 5. The maximum Gasteiger partial charge on any atom is 0.262 e. The minimum absolute atomic E-state index is 0.0914. The zero-order valence-electron chi connectivity index (χ0n) is 9.39. The average Bonchev–Trinajstić information content (AvgIpc) is 2.62. The van der Waals surface area contributed by atoms with Crippen molar-refractivity contribution < 1.29 is 4.79 Å². The van der Waals surface area contributed by atoms with Gasteiger partial charge < -0.3 is 5.73 Å². The highest BCUT2D eigenvalue weighted by atomic mass is 32.2. The van der Waals surface area contributed by atoms with Crippen LogP contribution in [0.2, 0.25) is 0 Å². The predicted molar refractivity (Wildman–Crippen MR) is 69.5 cm³/mol. The third-order valence-electron chi connectivity index (χ3n) is 2.20. The highest BCUT2D eigenvalue weighted by molar-refractivity contribution is 7.99. The van der Waals surface area contributed by atoms with Crippen LogP contribution < -0.4 is 11.3 Å². The maximum atomic E-state index is 12.0. The Hall–Kier alpha value is -1.34. The fourth-order valence-corrected chi connectivity index (χ4v) is 3.06. The number of hydrogen-bond donors (Lipinski definition) is 1. The lowest BCUT2D eigenvalue weighted by Crippen LogP contribution is -2.20. The summed E-state index contributed by atoms with van der Waals surface area (Å²) in [5, 5.41) is 1.14. The Balaban J connectivity index is 2.53. The van der Waals surface area contributed by atoms with Crippen LogP contribution >= 0.6 is 23.1 Å². The minimum Gasteiger partial charge on any atom is -0.369 e. The summed E-state index contributed by atoms with van der Waals surface area (Å²) >= 11 is 2.65. The summed E-state index contributed by atoms with van der Waals surface area (Å²) in [7, 11) is 1.64. The first-order valence-corrected chi connectivity index (χ1v) is 6.67. The fourth-order valence-electron chi connectivity index (χ4n) is 1.43. The molecule has 0 fully saturated rings. The number of thiophene rings is 1. The van der Waals surface area contributed by atoms with Gasteiger partial charge in [0.2, 0.25) is 5.91 Å². The Labute approximate surface area is 106 Å². The molecule has 1 amide bonds. The number of nitrogens with zero attached hydrogens (tertiary/aromatic N) is 2. The molecule has 17 heavy (non-hydrogen) atoms. The topological polar surface area (TPSA) is 78.0 Å². The molecule has 0 saturated carbocycles. The van der Waals surface area contributed by atoms with Crippen molar-refractivity contribution in [2.45, 2.75) is 12.1 Å². The molecule has 0 radical (unpaired) electrons. The average molecular weight is 269 g/mol. The standard InChI is InChI=1S/C10H11N3O2S2/c1-5-3-6-8(17-5)12-10(13(2)9(6)15)16-4-7(11)14/h3H,4H2,1-2H3,(H2,11,14). The molecule has 0 unspecified atom stereocenters. The van der Waals surface area contributed by atoms with Crippen molar-refractivity contribution in [3.8, 4) is 0 Å². The molecule has 0 bridgehead atoms. The van der Waals surface area contributed by atoms with E-state index in [1.54, 1.807) is 7.05 Å². The van der Waals surface area contributed by atoms with Crippen LogP contribution in [0.5, 0.6) is 0 Å². The Morgan fingerprint density at radius 1 is 1.65 bits per heavy atom. The van der Waals surface area contributed by atoms with E-state index < -0.39 is 5.91 Å². The van der Waals surface area contributed by atoms with E-state index in [0.29, 0.717) is 15.4 Å². The summed E-state index contributed by atoms with van der Waals surface area (Å²) in [6, 6.07) is 1.83. The summed E-state index contributed by atoms with van der Waals surface area (Å²) < 4.78 is 1.45. The molecule has 2 aromatic rings. The lowest BCUT2D eigenvalue weighted by atomic mass is 10.4. The van der Waals surface area contributed by atoms with Gasteiger partial charge >= 0.3 is 0 Å². The first-order valence-electron chi connectivity index (χ1n) is 4.87. The molecule has 2 N–H and O–H groups in total. The smallest absolute Gasteiger partial charge is 0.262 e. The summed E-state index contributed by atoms with van der Waals surface area (Å²) in [5.41, 5.74) is 4.98. The quantitative estimate of drug-likeness (QED) is 0.663. The van der Waals surface area contributed by atoms with E-state index in [2.05, 4.69) is 4.98 Å². The van der Waals surface area contributed by atoms with Gasteiger partial charge in [0.1, 0.15) is 4.83 Å². The van der Waals surface area contributed by atoms with E-state index in [1.807, 2.05) is 13.0 Å². The van der Waals surface area contributed by atoms with E-state index in [1.165, 1.54) is 27.7 Å². The van der Waals surface area contributed by atoms with Crippen LogP contribution in [0, 0.1) is 6.92 Å². The highest BCUT2D eigenvalue weighted by Crippen LogP contribution is 2.23. The van der Waals surface area contributed by atoms with Crippen LogP contribution in [0.15, 0.2) is 16.0 Å². The van der Waals surface area contributed by atoms with Gasteiger partial charge in [-0.2, -0.15) is 0 Å². The van der Waals surface area contributed by atoms with Crippen LogP contribution in [0.25, 0.3) is 10.2 Å². The largest absolute Gasteiger partial charge is 0.369 e. The number of rotatable bonds is 3. The second-order valence-corrected chi connectivity index (χ2v) is 5.77. The van der Waals surface area contributed by atoms with Crippen molar-refractivity contribution in [2.24, 2.45) is 12.8 Å². The van der Waals surface area contributed by atoms with Crippen molar-refractivity contribution in [3.63, 3.8) is 0 Å². The highest BCUT2D eigenvalue weighted by Gasteiger charge is 2.11. The SMILES string of the molecule is Cc1cc2c(=O)n(C)c(SCC(N)=O)nc2s1. The van der Waals surface area contributed by atoms with Crippen molar-refractivity contribution >= 4 is 39.2 Å². The van der Waals surface area contributed by atoms with E-state index in [9.17, 15) is 9.59 Å². The van der Waals surface area contributed by atoms with E-state index in [-0.39, 0.29) is 11.3 Å².